The van der Waals surface area contributed by atoms with Crippen LogP contribution in [0.2, 0.25) is 0 Å². The Bertz CT molecular complexity index is 504. The standard InChI is InChI=1S/C17H23NO2/c1-12(2)14-3-4-16-15(11-14)5-8-18(16)17(19)13-6-9-20-10-7-13/h3-4,11-13H,5-10H2,1-2H3. The van der Waals surface area contributed by atoms with Crippen LogP contribution < -0.4 is 4.90 Å². The fraction of sp³-hybridized carbons (Fsp3) is 0.588. The predicted octanol–water partition coefficient (Wildman–Crippen LogP) is 3.13. The van der Waals surface area contributed by atoms with Crippen molar-refractivity contribution in [2.75, 3.05) is 24.7 Å². The molecule has 0 unspecified atom stereocenters. The normalized spacial score (nSPS) is 19.4. The molecule has 0 radical (unpaired) electrons. The molecule has 1 aromatic rings. The van der Waals surface area contributed by atoms with E-state index in [0.29, 0.717) is 11.8 Å². The first kappa shape index (κ1) is 13.6. The van der Waals surface area contributed by atoms with E-state index >= 15 is 0 Å². The Morgan fingerprint density at radius 1 is 1.30 bits per heavy atom. The minimum absolute atomic E-state index is 0.152. The zero-order valence-corrected chi connectivity index (χ0v) is 12.4. The van der Waals surface area contributed by atoms with Crippen molar-refractivity contribution in [3.05, 3.63) is 29.3 Å². The van der Waals surface area contributed by atoms with Crippen molar-refractivity contribution >= 4 is 11.6 Å². The highest BCUT2D eigenvalue weighted by atomic mass is 16.5. The number of carbonyl (C=O) groups is 1. The minimum Gasteiger partial charge on any atom is -0.381 e. The highest BCUT2D eigenvalue weighted by molar-refractivity contribution is 5.97. The zero-order chi connectivity index (χ0) is 14.1. The summed E-state index contributed by atoms with van der Waals surface area (Å²) in [5, 5.41) is 0. The summed E-state index contributed by atoms with van der Waals surface area (Å²) in [7, 11) is 0. The minimum atomic E-state index is 0.152. The van der Waals surface area contributed by atoms with Gasteiger partial charge in [-0.05, 0) is 42.4 Å². The third kappa shape index (κ3) is 2.47. The maximum atomic E-state index is 12.7. The molecule has 1 aromatic carbocycles. The van der Waals surface area contributed by atoms with Gasteiger partial charge in [-0.2, -0.15) is 0 Å². The Balaban J connectivity index is 1.80. The van der Waals surface area contributed by atoms with E-state index in [2.05, 4.69) is 32.0 Å². The lowest BCUT2D eigenvalue weighted by molar-refractivity contribution is -0.125. The van der Waals surface area contributed by atoms with Crippen molar-refractivity contribution in [3.8, 4) is 0 Å². The number of anilines is 1. The molecule has 0 atom stereocenters. The summed E-state index contributed by atoms with van der Waals surface area (Å²) < 4.78 is 5.35. The van der Waals surface area contributed by atoms with E-state index in [1.807, 2.05) is 4.90 Å². The van der Waals surface area contributed by atoms with Crippen LogP contribution in [-0.2, 0) is 16.0 Å². The molecular formula is C17H23NO2. The van der Waals surface area contributed by atoms with Crippen molar-refractivity contribution in [3.63, 3.8) is 0 Å². The van der Waals surface area contributed by atoms with Gasteiger partial charge in [-0.15, -0.1) is 0 Å². The number of amides is 1. The van der Waals surface area contributed by atoms with Crippen LogP contribution >= 0.6 is 0 Å². The topological polar surface area (TPSA) is 29.5 Å². The van der Waals surface area contributed by atoms with Gasteiger partial charge in [0.15, 0.2) is 0 Å². The van der Waals surface area contributed by atoms with E-state index in [4.69, 9.17) is 4.74 Å². The molecule has 1 fully saturated rings. The van der Waals surface area contributed by atoms with Gasteiger partial charge in [-0.3, -0.25) is 4.79 Å². The van der Waals surface area contributed by atoms with Crippen LogP contribution in [0.15, 0.2) is 18.2 Å². The molecule has 3 nitrogen and oxygen atoms in total. The summed E-state index contributed by atoms with van der Waals surface area (Å²) in [6.07, 6.45) is 2.73. The molecule has 20 heavy (non-hydrogen) atoms. The van der Waals surface area contributed by atoms with Gasteiger partial charge in [0.25, 0.3) is 0 Å². The van der Waals surface area contributed by atoms with Crippen LogP contribution in [0.5, 0.6) is 0 Å². The van der Waals surface area contributed by atoms with Gasteiger partial charge in [0.05, 0.1) is 0 Å². The molecule has 3 rings (SSSR count). The third-order valence-electron chi connectivity index (χ3n) is 4.50. The Morgan fingerprint density at radius 3 is 2.75 bits per heavy atom. The molecule has 0 aromatic heterocycles. The van der Waals surface area contributed by atoms with Crippen LogP contribution in [0.4, 0.5) is 5.69 Å². The van der Waals surface area contributed by atoms with Gasteiger partial charge in [0.2, 0.25) is 5.91 Å². The highest BCUT2D eigenvalue weighted by Crippen LogP contribution is 2.33. The second-order valence-electron chi connectivity index (χ2n) is 6.17. The van der Waals surface area contributed by atoms with Gasteiger partial charge >= 0.3 is 0 Å². The Morgan fingerprint density at radius 2 is 2.05 bits per heavy atom. The number of rotatable bonds is 2. The number of fused-ring (bicyclic) bond motifs is 1. The summed E-state index contributed by atoms with van der Waals surface area (Å²) in [6.45, 7) is 6.71. The van der Waals surface area contributed by atoms with Crippen molar-refractivity contribution < 1.29 is 9.53 Å². The second-order valence-corrected chi connectivity index (χ2v) is 6.17. The fourth-order valence-corrected chi connectivity index (χ4v) is 3.17. The van der Waals surface area contributed by atoms with Crippen molar-refractivity contribution in [2.45, 2.75) is 39.0 Å². The Labute approximate surface area is 120 Å². The predicted molar refractivity (Wildman–Crippen MR) is 80.1 cm³/mol. The average Bonchev–Trinajstić information content (AvgIpc) is 2.90. The van der Waals surface area contributed by atoms with Crippen molar-refractivity contribution in [1.82, 2.24) is 0 Å². The monoisotopic (exact) mass is 273 g/mol. The first-order valence-corrected chi connectivity index (χ1v) is 7.69. The van der Waals surface area contributed by atoms with Crippen LogP contribution in [0.1, 0.15) is 43.7 Å². The van der Waals surface area contributed by atoms with Crippen molar-refractivity contribution in [1.29, 1.82) is 0 Å². The van der Waals surface area contributed by atoms with Crippen LogP contribution in [-0.4, -0.2) is 25.7 Å². The summed E-state index contributed by atoms with van der Waals surface area (Å²) in [5.74, 6) is 0.990. The van der Waals surface area contributed by atoms with E-state index in [1.54, 1.807) is 0 Å². The van der Waals surface area contributed by atoms with Crippen molar-refractivity contribution in [2.24, 2.45) is 5.92 Å². The van der Waals surface area contributed by atoms with Gasteiger partial charge in [-0.25, -0.2) is 0 Å². The molecule has 108 valence electrons. The highest BCUT2D eigenvalue weighted by Gasteiger charge is 2.31. The fourth-order valence-electron chi connectivity index (χ4n) is 3.17. The van der Waals surface area contributed by atoms with E-state index in [0.717, 1.165) is 44.7 Å². The molecule has 0 aliphatic carbocycles. The number of carbonyl (C=O) groups excluding carboxylic acids is 1. The number of hydrogen-bond acceptors (Lipinski definition) is 2. The molecule has 0 bridgehead atoms. The lowest BCUT2D eigenvalue weighted by Crippen LogP contribution is -2.37. The van der Waals surface area contributed by atoms with Gasteiger partial charge < -0.3 is 9.64 Å². The summed E-state index contributed by atoms with van der Waals surface area (Å²) in [5.41, 5.74) is 3.83. The molecule has 2 aliphatic rings. The van der Waals surface area contributed by atoms with E-state index < -0.39 is 0 Å². The average molecular weight is 273 g/mol. The summed E-state index contributed by atoms with van der Waals surface area (Å²) in [4.78, 5) is 14.6. The molecule has 3 heteroatoms. The Kier molecular flexibility index (Phi) is 3.79. The van der Waals surface area contributed by atoms with E-state index in [-0.39, 0.29) is 5.92 Å². The molecule has 0 N–H and O–H groups in total. The lowest BCUT2D eigenvalue weighted by atomic mass is 9.98. The first-order chi connectivity index (χ1) is 9.66. The molecule has 2 aliphatic heterocycles. The second kappa shape index (κ2) is 5.57. The first-order valence-electron chi connectivity index (χ1n) is 7.69. The largest absolute Gasteiger partial charge is 0.381 e. The lowest BCUT2D eigenvalue weighted by Gasteiger charge is -2.26. The van der Waals surface area contributed by atoms with E-state index in [9.17, 15) is 4.79 Å². The zero-order valence-electron chi connectivity index (χ0n) is 12.4. The van der Waals surface area contributed by atoms with E-state index in [1.165, 1.54) is 11.1 Å². The molecule has 2 heterocycles. The maximum Gasteiger partial charge on any atom is 0.230 e. The van der Waals surface area contributed by atoms with Crippen LogP contribution in [0, 0.1) is 5.92 Å². The van der Waals surface area contributed by atoms with Gasteiger partial charge in [-0.1, -0.05) is 26.0 Å². The smallest absolute Gasteiger partial charge is 0.230 e. The number of nitrogens with zero attached hydrogens (tertiary/aromatic N) is 1. The SMILES string of the molecule is CC(C)c1ccc2c(c1)CCN2C(=O)C1CCOCC1. The molecular weight excluding hydrogens is 250 g/mol. The summed E-state index contributed by atoms with van der Waals surface area (Å²) in [6, 6.07) is 6.57. The number of ether oxygens (including phenoxy) is 1. The quantitative estimate of drug-likeness (QED) is 0.828. The maximum absolute atomic E-state index is 12.7. The Hall–Kier alpha value is -1.35. The number of benzene rings is 1. The van der Waals surface area contributed by atoms with Gasteiger partial charge in [0.1, 0.15) is 0 Å². The third-order valence-corrected chi connectivity index (χ3v) is 4.50. The molecule has 1 saturated heterocycles. The molecule has 0 spiro atoms. The molecule has 0 saturated carbocycles. The number of hydrogen-bond donors (Lipinski definition) is 0. The van der Waals surface area contributed by atoms with Crippen LogP contribution in [0.3, 0.4) is 0 Å². The van der Waals surface area contributed by atoms with Crippen LogP contribution in [0.25, 0.3) is 0 Å². The van der Waals surface area contributed by atoms with Gasteiger partial charge in [0, 0.05) is 31.4 Å². The molecule has 1 amide bonds. The summed E-state index contributed by atoms with van der Waals surface area (Å²) >= 11 is 0.